The molecule has 0 bridgehead atoms. The van der Waals surface area contributed by atoms with Crippen LogP contribution in [-0.4, -0.2) is 63.4 Å². The highest BCUT2D eigenvalue weighted by molar-refractivity contribution is 5.90. The molecule has 0 aliphatic carbocycles. The smallest absolute Gasteiger partial charge is 0.414 e. The molecular weight excluding hydrogens is 519 g/mol. The average Bonchev–Trinajstić information content (AvgIpc) is 3.51. The average molecular weight is 542 g/mol. The summed E-state index contributed by atoms with van der Waals surface area (Å²) in [5.41, 5.74) is 1.02. The standard InChI is InChI=1S/C24H23FN6O8/c1-14(32)26-8-17-10-30(24(33)38-17)16-3-4-20(19(25)6-16)39-22-5-2-15(7-27-22)12-36-18-9-29-11-21(31(34)35)28-23(29)37-13-18/h2-7,11,17-18H,8-10,12-13H2,1H3,(H,26,32). The molecule has 1 N–H and O–H groups in total. The molecule has 15 heteroatoms. The largest absolute Gasteiger partial charge is 0.443 e. The van der Waals surface area contributed by atoms with Crippen molar-refractivity contribution in [2.24, 2.45) is 0 Å². The zero-order valence-electron chi connectivity index (χ0n) is 20.6. The van der Waals surface area contributed by atoms with Crippen molar-refractivity contribution >= 4 is 23.5 Å². The van der Waals surface area contributed by atoms with Crippen molar-refractivity contribution in [2.45, 2.75) is 32.3 Å². The van der Waals surface area contributed by atoms with Crippen LogP contribution in [0.1, 0.15) is 12.5 Å². The summed E-state index contributed by atoms with van der Waals surface area (Å²) in [5.74, 6) is -1.16. The lowest BCUT2D eigenvalue weighted by Crippen LogP contribution is -2.33. The second-order valence-electron chi connectivity index (χ2n) is 8.81. The lowest BCUT2D eigenvalue weighted by molar-refractivity contribution is -0.389. The van der Waals surface area contributed by atoms with Crippen molar-refractivity contribution in [3.63, 3.8) is 0 Å². The lowest BCUT2D eigenvalue weighted by atomic mass is 10.2. The maximum absolute atomic E-state index is 14.8. The zero-order valence-corrected chi connectivity index (χ0v) is 20.6. The number of nitrogens with zero attached hydrogens (tertiary/aromatic N) is 5. The van der Waals surface area contributed by atoms with E-state index in [1.54, 1.807) is 12.1 Å². The molecule has 14 nitrogen and oxygen atoms in total. The zero-order chi connectivity index (χ0) is 27.5. The number of imidazole rings is 1. The van der Waals surface area contributed by atoms with Gasteiger partial charge in [-0.1, -0.05) is 0 Å². The number of carbonyl (C=O) groups excluding carboxylic acids is 2. The van der Waals surface area contributed by atoms with E-state index in [4.69, 9.17) is 18.9 Å². The maximum Gasteiger partial charge on any atom is 0.414 e. The van der Waals surface area contributed by atoms with Crippen LogP contribution in [0, 0.1) is 15.9 Å². The number of benzene rings is 1. The van der Waals surface area contributed by atoms with Crippen LogP contribution >= 0.6 is 0 Å². The molecule has 1 saturated heterocycles. The Hall–Kier alpha value is -4.79. The first-order chi connectivity index (χ1) is 18.7. The van der Waals surface area contributed by atoms with Crippen molar-refractivity contribution in [2.75, 3.05) is 24.6 Å². The summed E-state index contributed by atoms with van der Waals surface area (Å²) in [6, 6.07) is 7.51. The number of halogens is 1. The van der Waals surface area contributed by atoms with Gasteiger partial charge in [-0.05, 0) is 28.7 Å². The van der Waals surface area contributed by atoms with Gasteiger partial charge in [-0.15, -0.1) is 0 Å². The maximum atomic E-state index is 14.8. The van der Waals surface area contributed by atoms with E-state index in [1.807, 2.05) is 0 Å². The molecular formula is C24H23FN6O8. The van der Waals surface area contributed by atoms with E-state index in [2.05, 4.69) is 15.3 Å². The number of ether oxygens (including phenoxy) is 4. The fourth-order valence-corrected chi connectivity index (χ4v) is 3.98. The van der Waals surface area contributed by atoms with E-state index in [1.165, 1.54) is 40.9 Å². The first kappa shape index (κ1) is 25.8. The molecule has 2 aliphatic heterocycles. The van der Waals surface area contributed by atoms with Crippen molar-refractivity contribution in [3.05, 3.63) is 64.2 Å². The van der Waals surface area contributed by atoms with Crippen LogP contribution < -0.4 is 19.7 Å². The van der Waals surface area contributed by atoms with Crippen LogP contribution in [0.15, 0.2) is 42.7 Å². The lowest BCUT2D eigenvalue weighted by Gasteiger charge is -2.22. The Bertz CT molecular complexity index is 1400. The van der Waals surface area contributed by atoms with Crippen LogP contribution in [0.2, 0.25) is 0 Å². The Morgan fingerprint density at radius 2 is 2.15 bits per heavy atom. The summed E-state index contributed by atoms with van der Waals surface area (Å²) in [5, 5.41) is 13.5. The topological polar surface area (TPSA) is 160 Å². The van der Waals surface area contributed by atoms with Gasteiger partial charge in [0.15, 0.2) is 11.6 Å². The van der Waals surface area contributed by atoms with Gasteiger partial charge in [-0.25, -0.2) is 14.2 Å². The van der Waals surface area contributed by atoms with E-state index >= 15 is 0 Å². The minimum atomic E-state index is -0.698. The number of nitro groups is 1. The second kappa shape index (κ2) is 10.9. The van der Waals surface area contributed by atoms with Gasteiger partial charge in [0.25, 0.3) is 0 Å². The van der Waals surface area contributed by atoms with Crippen LogP contribution in [-0.2, 0) is 27.4 Å². The minimum absolute atomic E-state index is 0.0813. The SMILES string of the molecule is CC(=O)NCC1CN(c2ccc(Oc3ccc(COC4COc5nc([N+](=O)[O-])cn5C4)cn3)c(F)c2)C(=O)O1. The summed E-state index contributed by atoms with van der Waals surface area (Å²) < 4.78 is 38.3. The number of aromatic nitrogens is 3. The van der Waals surface area contributed by atoms with Gasteiger partial charge >= 0.3 is 17.9 Å². The Morgan fingerprint density at radius 1 is 1.31 bits per heavy atom. The number of anilines is 1. The van der Waals surface area contributed by atoms with Gasteiger partial charge in [-0.3, -0.25) is 14.3 Å². The summed E-state index contributed by atoms with van der Waals surface area (Å²) in [4.78, 5) is 42.8. The van der Waals surface area contributed by atoms with Crippen LogP contribution in [0.4, 0.5) is 20.7 Å². The molecule has 3 aromatic rings. The van der Waals surface area contributed by atoms with Crippen molar-refractivity contribution in [1.82, 2.24) is 19.9 Å². The van der Waals surface area contributed by atoms with Gasteiger partial charge < -0.3 is 34.4 Å². The van der Waals surface area contributed by atoms with Gasteiger partial charge in [0.2, 0.25) is 11.8 Å². The molecule has 2 amide bonds. The normalized spacial score (nSPS) is 18.2. The van der Waals surface area contributed by atoms with E-state index in [0.717, 1.165) is 11.6 Å². The van der Waals surface area contributed by atoms with E-state index in [9.17, 15) is 24.1 Å². The number of hydrogen-bond acceptors (Lipinski definition) is 10. The third-order valence-corrected chi connectivity index (χ3v) is 5.89. The predicted molar refractivity (Wildman–Crippen MR) is 130 cm³/mol. The highest BCUT2D eigenvalue weighted by atomic mass is 19.1. The van der Waals surface area contributed by atoms with Crippen LogP contribution in [0.5, 0.6) is 17.6 Å². The summed E-state index contributed by atoms with van der Waals surface area (Å²) >= 11 is 0. The van der Waals surface area contributed by atoms with Crippen LogP contribution in [0.3, 0.4) is 0 Å². The molecule has 39 heavy (non-hydrogen) atoms. The molecule has 4 heterocycles. The van der Waals surface area contributed by atoms with Crippen LogP contribution in [0.25, 0.3) is 0 Å². The Balaban J connectivity index is 1.14. The monoisotopic (exact) mass is 542 g/mol. The Morgan fingerprint density at radius 3 is 2.87 bits per heavy atom. The number of carbonyl (C=O) groups is 2. The quantitative estimate of drug-likeness (QED) is 0.314. The van der Waals surface area contributed by atoms with Gasteiger partial charge in [-0.2, -0.15) is 0 Å². The molecule has 0 spiro atoms. The van der Waals surface area contributed by atoms with Crippen molar-refractivity contribution in [3.8, 4) is 17.6 Å². The Labute approximate surface area is 220 Å². The van der Waals surface area contributed by atoms with Gasteiger partial charge in [0.1, 0.15) is 25.0 Å². The molecule has 2 aliphatic rings. The third-order valence-electron chi connectivity index (χ3n) is 5.89. The number of pyridine rings is 1. The number of fused-ring (bicyclic) bond motifs is 1. The van der Waals surface area contributed by atoms with E-state index in [0.29, 0.717) is 12.2 Å². The number of rotatable bonds is 9. The summed E-state index contributed by atoms with van der Waals surface area (Å²) in [7, 11) is 0. The molecule has 0 radical (unpaired) electrons. The summed E-state index contributed by atoms with van der Waals surface area (Å²) in [6.07, 6.45) is 1.30. The fourth-order valence-electron chi connectivity index (χ4n) is 3.98. The molecule has 0 saturated carbocycles. The van der Waals surface area contributed by atoms with E-state index < -0.39 is 22.9 Å². The minimum Gasteiger partial charge on any atom is -0.443 e. The van der Waals surface area contributed by atoms with Gasteiger partial charge in [0.05, 0.1) is 31.9 Å². The molecule has 2 unspecified atom stereocenters. The number of hydrogen-bond donors (Lipinski definition) is 1. The molecule has 1 aromatic carbocycles. The highest BCUT2D eigenvalue weighted by Crippen LogP contribution is 2.30. The number of cyclic esters (lactones) is 1. The molecule has 2 atom stereocenters. The second-order valence-corrected chi connectivity index (χ2v) is 8.81. The fraction of sp³-hybridized carbons (Fsp3) is 0.333. The molecule has 2 aromatic heterocycles. The van der Waals surface area contributed by atoms with Crippen molar-refractivity contribution < 1.29 is 37.9 Å². The third kappa shape index (κ3) is 6.04. The first-order valence-electron chi connectivity index (χ1n) is 11.9. The Kier molecular flexibility index (Phi) is 7.23. The summed E-state index contributed by atoms with van der Waals surface area (Å²) in [6.45, 7) is 2.44. The predicted octanol–water partition coefficient (Wildman–Crippen LogP) is 2.56. The molecule has 204 valence electrons. The number of nitrogens with one attached hydrogen (secondary N) is 1. The molecule has 5 rings (SSSR count). The van der Waals surface area contributed by atoms with E-state index in [-0.39, 0.29) is 61.8 Å². The van der Waals surface area contributed by atoms with Gasteiger partial charge in [0, 0.05) is 30.2 Å². The highest BCUT2D eigenvalue weighted by Gasteiger charge is 2.33. The van der Waals surface area contributed by atoms with Crippen molar-refractivity contribution in [1.29, 1.82) is 0 Å². The first-order valence-corrected chi connectivity index (χ1v) is 11.9. The number of amides is 2. The molecule has 1 fully saturated rings.